The van der Waals surface area contributed by atoms with Crippen LogP contribution in [0, 0.1) is 5.92 Å². The summed E-state index contributed by atoms with van der Waals surface area (Å²) in [7, 11) is 0. The minimum absolute atomic E-state index is 0.312. The van der Waals surface area contributed by atoms with E-state index in [4.69, 9.17) is 5.11 Å². The summed E-state index contributed by atoms with van der Waals surface area (Å²) in [6, 6.07) is 0. The molecule has 0 fully saturated rings. The van der Waals surface area contributed by atoms with Gasteiger partial charge in [-0.3, -0.25) is 9.59 Å². The lowest BCUT2D eigenvalue weighted by atomic mass is 10.2. The van der Waals surface area contributed by atoms with Crippen LogP contribution in [0.25, 0.3) is 0 Å². The van der Waals surface area contributed by atoms with Crippen LogP contribution >= 0.6 is 0 Å². The molecule has 0 saturated carbocycles. The van der Waals surface area contributed by atoms with Gasteiger partial charge in [0.25, 0.3) is 0 Å². The number of carboxylic acids is 1. The van der Waals surface area contributed by atoms with Gasteiger partial charge in [0.1, 0.15) is 0 Å². The van der Waals surface area contributed by atoms with Crippen molar-refractivity contribution in [3.05, 3.63) is 0 Å². The second-order valence-electron chi connectivity index (χ2n) is 2.58. The van der Waals surface area contributed by atoms with E-state index in [0.717, 1.165) is 12.8 Å². The Morgan fingerprint density at radius 2 is 2.08 bits per heavy atom. The third-order valence-electron chi connectivity index (χ3n) is 1.47. The van der Waals surface area contributed by atoms with Crippen molar-refractivity contribution in [2.24, 2.45) is 5.92 Å². The van der Waals surface area contributed by atoms with Gasteiger partial charge in [0.2, 0.25) is 0 Å². The molecule has 0 heterocycles. The van der Waals surface area contributed by atoms with Gasteiger partial charge in [-0.05, 0) is 13.3 Å². The topological polar surface area (TPSA) is 63.6 Å². The molecule has 1 unspecified atom stereocenters. The second-order valence-corrected chi connectivity index (χ2v) is 2.58. The molecule has 0 rings (SSSR count). The van der Waals surface area contributed by atoms with E-state index in [2.05, 4.69) is 4.74 Å². The Balaban J connectivity index is 3.65. The van der Waals surface area contributed by atoms with Crippen molar-refractivity contribution in [3.63, 3.8) is 0 Å². The lowest BCUT2D eigenvalue weighted by Crippen LogP contribution is -2.23. The smallest absolute Gasteiger partial charge is 0.320 e. The molecule has 0 radical (unpaired) electrons. The van der Waals surface area contributed by atoms with Crippen molar-refractivity contribution >= 4 is 11.9 Å². The summed E-state index contributed by atoms with van der Waals surface area (Å²) >= 11 is 0. The zero-order chi connectivity index (χ0) is 9.56. The van der Waals surface area contributed by atoms with Crippen molar-refractivity contribution in [1.82, 2.24) is 0 Å². The highest BCUT2D eigenvalue weighted by Crippen LogP contribution is 1.99. The monoisotopic (exact) mass is 174 g/mol. The average molecular weight is 174 g/mol. The summed E-state index contributed by atoms with van der Waals surface area (Å²) in [4.78, 5) is 21.1. The Morgan fingerprint density at radius 1 is 1.50 bits per heavy atom. The lowest BCUT2D eigenvalue weighted by molar-refractivity contribution is -0.157. The molecule has 0 aliphatic heterocycles. The van der Waals surface area contributed by atoms with Crippen LogP contribution in [0.15, 0.2) is 0 Å². The average Bonchev–Trinajstić information content (AvgIpc) is 2.03. The number of hydrogen-bond acceptors (Lipinski definition) is 3. The number of rotatable bonds is 5. The van der Waals surface area contributed by atoms with Crippen LogP contribution in [0.4, 0.5) is 0 Å². The number of esters is 1. The van der Waals surface area contributed by atoms with Crippen LogP contribution in [0.1, 0.15) is 26.7 Å². The molecule has 0 saturated heterocycles. The molecule has 0 spiro atoms. The van der Waals surface area contributed by atoms with Crippen LogP contribution in [-0.4, -0.2) is 23.7 Å². The molecular formula is C8H14O4. The highest BCUT2D eigenvalue weighted by atomic mass is 16.5. The van der Waals surface area contributed by atoms with Crippen LogP contribution in [0.2, 0.25) is 0 Å². The molecular weight excluding hydrogens is 160 g/mol. The van der Waals surface area contributed by atoms with Crippen LogP contribution in [0.5, 0.6) is 0 Å². The molecule has 70 valence electrons. The number of hydrogen-bond donors (Lipinski definition) is 1. The molecule has 0 aromatic rings. The van der Waals surface area contributed by atoms with Gasteiger partial charge in [0, 0.05) is 0 Å². The number of unbranched alkanes of at least 4 members (excludes halogenated alkanes) is 1. The molecule has 4 nitrogen and oxygen atoms in total. The standard InChI is InChI=1S/C8H14O4/c1-3-4-5-12-8(11)6(2)7(9)10/h6H,3-5H2,1-2H3,(H,9,10). The number of carboxylic acid groups (broad SMARTS) is 1. The number of aliphatic carboxylic acids is 1. The van der Waals surface area contributed by atoms with Gasteiger partial charge in [-0.15, -0.1) is 0 Å². The van der Waals surface area contributed by atoms with E-state index in [1.54, 1.807) is 0 Å². The molecule has 0 aliphatic carbocycles. The summed E-state index contributed by atoms with van der Waals surface area (Å²) in [5.41, 5.74) is 0. The predicted molar refractivity (Wildman–Crippen MR) is 42.7 cm³/mol. The van der Waals surface area contributed by atoms with Crippen LogP contribution in [0.3, 0.4) is 0 Å². The maximum absolute atomic E-state index is 10.9. The van der Waals surface area contributed by atoms with Crippen molar-refractivity contribution in [3.8, 4) is 0 Å². The molecule has 0 aromatic heterocycles. The highest BCUT2D eigenvalue weighted by Gasteiger charge is 2.21. The summed E-state index contributed by atoms with van der Waals surface area (Å²) in [5, 5.41) is 8.41. The summed E-state index contributed by atoms with van der Waals surface area (Å²) in [5.74, 6) is -2.85. The molecule has 0 amide bonds. The van der Waals surface area contributed by atoms with Gasteiger partial charge in [0.05, 0.1) is 6.61 Å². The Hall–Kier alpha value is -1.06. The zero-order valence-electron chi connectivity index (χ0n) is 7.37. The Kier molecular flexibility index (Phi) is 5.08. The summed E-state index contributed by atoms with van der Waals surface area (Å²) in [6.45, 7) is 3.60. The van der Waals surface area contributed by atoms with E-state index in [1.807, 2.05) is 6.92 Å². The Labute approximate surface area is 71.5 Å². The summed E-state index contributed by atoms with van der Waals surface area (Å²) in [6.07, 6.45) is 1.70. The van der Waals surface area contributed by atoms with Gasteiger partial charge in [-0.25, -0.2) is 0 Å². The third-order valence-corrected chi connectivity index (χ3v) is 1.47. The van der Waals surface area contributed by atoms with E-state index in [0.29, 0.717) is 6.61 Å². The molecule has 0 aliphatic rings. The molecule has 0 aromatic carbocycles. The van der Waals surface area contributed by atoms with E-state index < -0.39 is 17.9 Å². The Morgan fingerprint density at radius 3 is 2.50 bits per heavy atom. The van der Waals surface area contributed by atoms with Crippen LogP contribution < -0.4 is 0 Å². The normalized spacial score (nSPS) is 12.2. The molecule has 12 heavy (non-hydrogen) atoms. The molecule has 4 heteroatoms. The van der Waals surface area contributed by atoms with Crippen molar-refractivity contribution < 1.29 is 19.4 Å². The van der Waals surface area contributed by atoms with E-state index in [1.165, 1.54) is 6.92 Å². The van der Waals surface area contributed by atoms with E-state index in [-0.39, 0.29) is 0 Å². The van der Waals surface area contributed by atoms with Crippen LogP contribution in [-0.2, 0) is 14.3 Å². The van der Waals surface area contributed by atoms with Crippen molar-refractivity contribution in [1.29, 1.82) is 0 Å². The first-order valence-corrected chi connectivity index (χ1v) is 3.99. The SMILES string of the molecule is CCCCOC(=O)C(C)C(=O)O. The van der Waals surface area contributed by atoms with Crippen molar-refractivity contribution in [2.75, 3.05) is 6.61 Å². The van der Waals surface area contributed by atoms with Gasteiger partial charge in [-0.1, -0.05) is 13.3 Å². The number of ether oxygens (including phenoxy) is 1. The lowest BCUT2D eigenvalue weighted by Gasteiger charge is -2.06. The minimum atomic E-state index is -1.14. The third kappa shape index (κ3) is 3.95. The molecule has 1 N–H and O–H groups in total. The fourth-order valence-electron chi connectivity index (χ4n) is 0.543. The maximum atomic E-state index is 10.9. The summed E-state index contributed by atoms with van der Waals surface area (Å²) < 4.78 is 4.69. The fraction of sp³-hybridized carbons (Fsp3) is 0.750. The highest BCUT2D eigenvalue weighted by molar-refractivity contribution is 5.93. The minimum Gasteiger partial charge on any atom is -0.481 e. The van der Waals surface area contributed by atoms with Gasteiger partial charge >= 0.3 is 11.9 Å². The predicted octanol–water partition coefficient (Wildman–Crippen LogP) is 1.05. The molecule has 0 bridgehead atoms. The Bertz CT molecular complexity index is 164. The van der Waals surface area contributed by atoms with Gasteiger partial charge < -0.3 is 9.84 Å². The van der Waals surface area contributed by atoms with E-state index in [9.17, 15) is 9.59 Å². The largest absolute Gasteiger partial charge is 0.481 e. The van der Waals surface area contributed by atoms with Gasteiger partial charge in [-0.2, -0.15) is 0 Å². The quantitative estimate of drug-likeness (QED) is 0.384. The van der Waals surface area contributed by atoms with Gasteiger partial charge in [0.15, 0.2) is 5.92 Å². The van der Waals surface area contributed by atoms with Crippen molar-refractivity contribution in [2.45, 2.75) is 26.7 Å². The van der Waals surface area contributed by atoms with E-state index >= 15 is 0 Å². The first-order chi connectivity index (χ1) is 5.59. The number of carbonyl (C=O) groups excluding carboxylic acids is 1. The first kappa shape index (κ1) is 10.9. The fourth-order valence-corrected chi connectivity index (χ4v) is 0.543. The second kappa shape index (κ2) is 5.57. The number of carbonyl (C=O) groups is 2. The first-order valence-electron chi connectivity index (χ1n) is 3.99. The molecule has 1 atom stereocenters. The zero-order valence-corrected chi connectivity index (χ0v) is 7.37. The maximum Gasteiger partial charge on any atom is 0.320 e.